The molecule has 3 rings (SSSR count). The number of carbonyl (C=O) groups excluding carboxylic acids is 2. The Labute approximate surface area is 179 Å². The number of likely N-dealkylation sites (tertiary alicyclic amines) is 1. The molecule has 1 aliphatic rings. The number of rotatable bonds is 6. The molecule has 1 aliphatic heterocycles. The van der Waals surface area contributed by atoms with E-state index in [2.05, 4.69) is 10.6 Å². The van der Waals surface area contributed by atoms with E-state index in [1.807, 2.05) is 30.3 Å². The van der Waals surface area contributed by atoms with E-state index in [-0.39, 0.29) is 30.8 Å². The van der Waals surface area contributed by atoms with E-state index in [9.17, 15) is 22.8 Å². The highest BCUT2D eigenvalue weighted by atomic mass is 19.4. The first-order chi connectivity index (χ1) is 14.8. The number of para-hydroxylation sites is 1. The van der Waals surface area contributed by atoms with Crippen LogP contribution in [-0.4, -0.2) is 29.9 Å². The average molecular weight is 433 g/mol. The van der Waals surface area contributed by atoms with Gasteiger partial charge in [-0.05, 0) is 55.0 Å². The van der Waals surface area contributed by atoms with Crippen LogP contribution in [-0.2, 0) is 17.5 Å². The smallest absolute Gasteiger partial charge is 0.352 e. The normalized spacial score (nSPS) is 16.6. The van der Waals surface area contributed by atoms with Crippen LogP contribution in [0.1, 0.15) is 36.8 Å². The van der Waals surface area contributed by atoms with Gasteiger partial charge in [-0.3, -0.25) is 4.79 Å². The van der Waals surface area contributed by atoms with Crippen LogP contribution in [0.5, 0.6) is 0 Å². The second kappa shape index (κ2) is 10.3. The van der Waals surface area contributed by atoms with Gasteiger partial charge in [0.05, 0.1) is 5.56 Å². The lowest BCUT2D eigenvalue weighted by Gasteiger charge is -2.32. The summed E-state index contributed by atoms with van der Waals surface area (Å²) in [6, 6.07) is 14.0. The number of alkyl halides is 3. The molecule has 2 aromatic rings. The SMILES string of the molecule is O=C(CC[C@@H]1CCCN(C(=O)Nc2ccccc2)C1)NCc1cccc(C(F)(F)F)c1. The highest BCUT2D eigenvalue weighted by Crippen LogP contribution is 2.29. The Hall–Kier alpha value is -3.03. The van der Waals surface area contributed by atoms with Gasteiger partial charge in [-0.2, -0.15) is 13.2 Å². The number of urea groups is 1. The maximum absolute atomic E-state index is 12.8. The summed E-state index contributed by atoms with van der Waals surface area (Å²) in [6.07, 6.45) is -1.68. The molecule has 1 fully saturated rings. The molecule has 2 N–H and O–H groups in total. The highest BCUT2D eigenvalue weighted by molar-refractivity contribution is 5.89. The number of anilines is 1. The Morgan fingerprint density at radius 3 is 2.58 bits per heavy atom. The fourth-order valence-corrected chi connectivity index (χ4v) is 3.69. The standard InChI is InChI=1S/C23H26F3N3O2/c24-23(25,26)19-8-4-6-18(14-19)15-27-21(30)12-11-17-7-5-13-29(16-17)22(31)28-20-9-2-1-3-10-20/h1-4,6,8-10,14,17H,5,7,11-13,15-16H2,(H,27,30)(H,28,31)/t17-/m0/s1. The van der Waals surface area contributed by atoms with Gasteiger partial charge < -0.3 is 15.5 Å². The first-order valence-electron chi connectivity index (χ1n) is 10.3. The monoisotopic (exact) mass is 433 g/mol. The molecule has 8 heteroatoms. The molecular weight excluding hydrogens is 407 g/mol. The Morgan fingerprint density at radius 2 is 1.84 bits per heavy atom. The highest BCUT2D eigenvalue weighted by Gasteiger charge is 2.30. The number of amides is 3. The number of nitrogens with one attached hydrogen (secondary N) is 2. The van der Waals surface area contributed by atoms with Gasteiger partial charge in [-0.1, -0.05) is 30.3 Å². The zero-order chi connectivity index (χ0) is 22.3. The summed E-state index contributed by atoms with van der Waals surface area (Å²) in [7, 11) is 0. The average Bonchev–Trinajstić information content (AvgIpc) is 2.77. The van der Waals surface area contributed by atoms with E-state index in [0.29, 0.717) is 25.1 Å². The lowest BCUT2D eigenvalue weighted by molar-refractivity contribution is -0.137. The van der Waals surface area contributed by atoms with E-state index < -0.39 is 11.7 Å². The lowest BCUT2D eigenvalue weighted by atomic mass is 9.93. The predicted octanol–water partition coefficient (Wildman–Crippen LogP) is 5.05. The number of benzene rings is 2. The van der Waals surface area contributed by atoms with Crippen molar-refractivity contribution in [2.45, 2.75) is 38.4 Å². The lowest BCUT2D eigenvalue weighted by Crippen LogP contribution is -2.42. The van der Waals surface area contributed by atoms with Crippen LogP contribution < -0.4 is 10.6 Å². The summed E-state index contributed by atoms with van der Waals surface area (Å²) in [5.41, 5.74) is 0.420. The molecule has 0 saturated carbocycles. The summed E-state index contributed by atoms with van der Waals surface area (Å²) >= 11 is 0. The van der Waals surface area contributed by atoms with Gasteiger partial charge in [0.15, 0.2) is 0 Å². The predicted molar refractivity (Wildman–Crippen MR) is 112 cm³/mol. The topological polar surface area (TPSA) is 61.4 Å². The number of piperidine rings is 1. The molecule has 166 valence electrons. The van der Waals surface area contributed by atoms with Gasteiger partial charge in [0.1, 0.15) is 0 Å². The van der Waals surface area contributed by atoms with Gasteiger partial charge in [-0.25, -0.2) is 4.79 Å². The molecule has 0 aliphatic carbocycles. The van der Waals surface area contributed by atoms with E-state index >= 15 is 0 Å². The fourth-order valence-electron chi connectivity index (χ4n) is 3.69. The van der Waals surface area contributed by atoms with E-state index in [4.69, 9.17) is 0 Å². The van der Waals surface area contributed by atoms with Gasteiger partial charge in [0.2, 0.25) is 5.91 Å². The first kappa shape index (κ1) is 22.7. The molecule has 3 amide bonds. The maximum Gasteiger partial charge on any atom is 0.416 e. The summed E-state index contributed by atoms with van der Waals surface area (Å²) in [5, 5.41) is 5.56. The molecule has 1 atom stereocenters. The Kier molecular flexibility index (Phi) is 7.55. The van der Waals surface area contributed by atoms with Crippen molar-refractivity contribution in [3.63, 3.8) is 0 Å². The molecule has 2 aromatic carbocycles. The second-order valence-electron chi connectivity index (χ2n) is 7.76. The number of carbonyl (C=O) groups is 2. The Bertz CT molecular complexity index is 887. The maximum atomic E-state index is 12.8. The molecule has 0 unspecified atom stereocenters. The zero-order valence-corrected chi connectivity index (χ0v) is 17.1. The minimum atomic E-state index is -4.40. The van der Waals surface area contributed by atoms with Crippen LogP contribution in [0.2, 0.25) is 0 Å². The third-order valence-electron chi connectivity index (χ3n) is 5.35. The fraction of sp³-hybridized carbons (Fsp3) is 0.391. The summed E-state index contributed by atoms with van der Waals surface area (Å²) in [5.74, 6) is 0.0119. The molecule has 1 saturated heterocycles. The van der Waals surface area contributed by atoms with E-state index in [1.54, 1.807) is 11.0 Å². The van der Waals surface area contributed by atoms with Gasteiger partial charge in [0.25, 0.3) is 0 Å². The molecule has 0 spiro atoms. The van der Waals surface area contributed by atoms with Crippen molar-refractivity contribution < 1.29 is 22.8 Å². The molecule has 0 radical (unpaired) electrons. The van der Waals surface area contributed by atoms with Gasteiger partial charge in [-0.15, -0.1) is 0 Å². The molecule has 1 heterocycles. The van der Waals surface area contributed by atoms with Crippen molar-refractivity contribution >= 4 is 17.6 Å². The van der Waals surface area contributed by atoms with Crippen molar-refractivity contribution in [1.82, 2.24) is 10.2 Å². The van der Waals surface area contributed by atoms with E-state index in [0.717, 1.165) is 30.7 Å². The molecule has 5 nitrogen and oxygen atoms in total. The minimum Gasteiger partial charge on any atom is -0.352 e. The van der Waals surface area contributed by atoms with Crippen molar-refractivity contribution in [1.29, 1.82) is 0 Å². The Balaban J connectivity index is 1.42. The summed E-state index contributed by atoms with van der Waals surface area (Å²) in [4.78, 5) is 26.4. The van der Waals surface area contributed by atoms with Crippen LogP contribution in [0, 0.1) is 5.92 Å². The first-order valence-corrected chi connectivity index (χ1v) is 10.3. The quantitative estimate of drug-likeness (QED) is 0.670. The van der Waals surface area contributed by atoms with Gasteiger partial charge >= 0.3 is 12.2 Å². The van der Waals surface area contributed by atoms with Crippen LogP contribution in [0.15, 0.2) is 54.6 Å². The van der Waals surface area contributed by atoms with Crippen LogP contribution in [0.4, 0.5) is 23.7 Å². The third-order valence-corrected chi connectivity index (χ3v) is 5.35. The second-order valence-corrected chi connectivity index (χ2v) is 7.76. The molecular formula is C23H26F3N3O2. The van der Waals surface area contributed by atoms with Crippen LogP contribution in [0.25, 0.3) is 0 Å². The van der Waals surface area contributed by atoms with Crippen molar-refractivity contribution in [2.24, 2.45) is 5.92 Å². The number of nitrogens with zero attached hydrogens (tertiary/aromatic N) is 1. The van der Waals surface area contributed by atoms with E-state index in [1.165, 1.54) is 6.07 Å². The van der Waals surface area contributed by atoms with Crippen LogP contribution in [0.3, 0.4) is 0 Å². The summed E-state index contributed by atoms with van der Waals surface area (Å²) in [6.45, 7) is 1.31. The zero-order valence-electron chi connectivity index (χ0n) is 17.1. The van der Waals surface area contributed by atoms with Crippen molar-refractivity contribution in [3.05, 3.63) is 65.7 Å². The summed E-state index contributed by atoms with van der Waals surface area (Å²) < 4.78 is 38.4. The molecule has 0 bridgehead atoms. The Morgan fingerprint density at radius 1 is 1.06 bits per heavy atom. The van der Waals surface area contributed by atoms with Crippen LogP contribution >= 0.6 is 0 Å². The molecule has 31 heavy (non-hydrogen) atoms. The third kappa shape index (κ3) is 7.01. The largest absolute Gasteiger partial charge is 0.416 e. The minimum absolute atomic E-state index is 0.0546. The van der Waals surface area contributed by atoms with Crippen molar-refractivity contribution in [2.75, 3.05) is 18.4 Å². The number of hydrogen-bond donors (Lipinski definition) is 2. The number of hydrogen-bond acceptors (Lipinski definition) is 2. The molecule has 0 aromatic heterocycles. The number of halogens is 3. The van der Waals surface area contributed by atoms with Crippen molar-refractivity contribution in [3.8, 4) is 0 Å². The van der Waals surface area contributed by atoms with Gasteiger partial charge in [0, 0.05) is 31.7 Å².